The number of aliphatic imine (C=N–C) groups is 1. The standard InChI is InChI=1S/C18H27BrN4O.HI/c1-23(2)17(24)13-21-18(22-16-6-4-3-5-7-16)20-12-14-8-10-15(19)11-9-14;/h8-11,16H,3-7,12-13H2,1-2H3,(H2,20,21,22);1H. The Morgan fingerprint density at radius 3 is 2.44 bits per heavy atom. The largest absolute Gasteiger partial charge is 0.354 e. The Morgan fingerprint density at radius 1 is 1.20 bits per heavy atom. The SMILES string of the molecule is CN(C)C(=O)CNC(=NCc1ccc(Br)cc1)NC1CCCCC1.I. The van der Waals surface area contributed by atoms with Gasteiger partial charge >= 0.3 is 0 Å². The van der Waals surface area contributed by atoms with Gasteiger partial charge in [-0.3, -0.25) is 4.79 Å². The molecule has 0 radical (unpaired) electrons. The van der Waals surface area contributed by atoms with E-state index in [-0.39, 0.29) is 36.4 Å². The average Bonchev–Trinajstić information content (AvgIpc) is 2.59. The summed E-state index contributed by atoms with van der Waals surface area (Å²) >= 11 is 3.44. The van der Waals surface area contributed by atoms with Crippen LogP contribution in [0.1, 0.15) is 37.7 Å². The zero-order valence-corrected chi connectivity index (χ0v) is 18.8. The molecule has 1 aliphatic rings. The van der Waals surface area contributed by atoms with Gasteiger partial charge in [-0.1, -0.05) is 47.3 Å². The van der Waals surface area contributed by atoms with Crippen molar-refractivity contribution in [3.63, 3.8) is 0 Å². The van der Waals surface area contributed by atoms with E-state index in [0.29, 0.717) is 12.6 Å². The van der Waals surface area contributed by atoms with E-state index in [1.54, 1.807) is 19.0 Å². The maximum atomic E-state index is 11.8. The molecular weight excluding hydrogens is 495 g/mol. The van der Waals surface area contributed by atoms with E-state index in [0.717, 1.165) is 16.0 Å². The van der Waals surface area contributed by atoms with Crippen LogP contribution in [0.5, 0.6) is 0 Å². The molecule has 0 saturated heterocycles. The van der Waals surface area contributed by atoms with E-state index in [2.05, 4.69) is 43.7 Å². The number of carbonyl (C=O) groups is 1. The van der Waals surface area contributed by atoms with Crippen LogP contribution in [0.25, 0.3) is 0 Å². The average molecular weight is 523 g/mol. The van der Waals surface area contributed by atoms with Crippen molar-refractivity contribution in [2.75, 3.05) is 20.6 Å². The van der Waals surface area contributed by atoms with Crippen molar-refractivity contribution in [3.8, 4) is 0 Å². The molecule has 1 amide bonds. The molecule has 0 unspecified atom stereocenters. The minimum Gasteiger partial charge on any atom is -0.354 e. The van der Waals surface area contributed by atoms with Crippen LogP contribution in [0, 0.1) is 0 Å². The van der Waals surface area contributed by atoms with Gasteiger partial charge in [0.2, 0.25) is 5.91 Å². The lowest BCUT2D eigenvalue weighted by Gasteiger charge is -2.25. The second-order valence-corrected chi connectivity index (χ2v) is 7.33. The van der Waals surface area contributed by atoms with Crippen LogP contribution in [0.4, 0.5) is 0 Å². The number of nitrogens with one attached hydrogen (secondary N) is 2. The van der Waals surface area contributed by atoms with Gasteiger partial charge in [0.05, 0.1) is 13.1 Å². The third-order valence-electron chi connectivity index (χ3n) is 4.18. The van der Waals surface area contributed by atoms with E-state index in [1.165, 1.54) is 32.1 Å². The van der Waals surface area contributed by atoms with Crippen molar-refractivity contribution in [2.45, 2.75) is 44.7 Å². The lowest BCUT2D eigenvalue weighted by Crippen LogP contribution is -2.47. The zero-order valence-electron chi connectivity index (χ0n) is 14.9. The Balaban J connectivity index is 0.00000312. The number of amides is 1. The van der Waals surface area contributed by atoms with Gasteiger partial charge in [0, 0.05) is 24.6 Å². The van der Waals surface area contributed by atoms with Crippen LogP contribution >= 0.6 is 39.9 Å². The fourth-order valence-electron chi connectivity index (χ4n) is 2.67. The minimum atomic E-state index is 0. The molecule has 1 aromatic rings. The van der Waals surface area contributed by atoms with E-state index in [4.69, 9.17) is 0 Å². The molecule has 5 nitrogen and oxygen atoms in total. The Bertz CT molecular complexity index is 557. The molecule has 0 heterocycles. The minimum absolute atomic E-state index is 0. The van der Waals surface area contributed by atoms with Crippen LogP contribution < -0.4 is 10.6 Å². The molecule has 0 aromatic heterocycles. The highest BCUT2D eigenvalue weighted by Gasteiger charge is 2.15. The van der Waals surface area contributed by atoms with Gasteiger partial charge < -0.3 is 15.5 Å². The van der Waals surface area contributed by atoms with Crippen LogP contribution in [0.2, 0.25) is 0 Å². The normalized spacial score (nSPS) is 15.2. The smallest absolute Gasteiger partial charge is 0.241 e. The van der Waals surface area contributed by atoms with Crippen LogP contribution in [-0.2, 0) is 11.3 Å². The molecular formula is C18H28BrIN4O. The lowest BCUT2D eigenvalue weighted by atomic mass is 9.96. The van der Waals surface area contributed by atoms with E-state index >= 15 is 0 Å². The molecule has 1 saturated carbocycles. The molecule has 0 aliphatic heterocycles. The molecule has 2 rings (SSSR count). The van der Waals surface area contributed by atoms with Gasteiger partial charge in [-0.05, 0) is 30.5 Å². The van der Waals surface area contributed by atoms with Crippen molar-refractivity contribution in [1.82, 2.24) is 15.5 Å². The van der Waals surface area contributed by atoms with E-state index < -0.39 is 0 Å². The monoisotopic (exact) mass is 522 g/mol. The van der Waals surface area contributed by atoms with Gasteiger partial charge in [0.25, 0.3) is 0 Å². The number of hydrogen-bond donors (Lipinski definition) is 2. The highest BCUT2D eigenvalue weighted by molar-refractivity contribution is 14.0. The molecule has 2 N–H and O–H groups in total. The maximum absolute atomic E-state index is 11.8. The number of rotatable bonds is 5. The Labute approximate surface area is 176 Å². The van der Waals surface area contributed by atoms with E-state index in [1.807, 2.05) is 12.1 Å². The number of likely N-dealkylation sites (N-methyl/N-ethyl adjacent to an activating group) is 1. The number of hydrogen-bond acceptors (Lipinski definition) is 2. The predicted molar refractivity (Wildman–Crippen MR) is 117 cm³/mol. The first-order valence-electron chi connectivity index (χ1n) is 8.54. The van der Waals surface area contributed by atoms with Crippen LogP contribution in [0.3, 0.4) is 0 Å². The number of nitrogens with zero attached hydrogens (tertiary/aromatic N) is 2. The van der Waals surface area contributed by atoms with Gasteiger partial charge in [0.1, 0.15) is 0 Å². The molecule has 0 bridgehead atoms. The highest BCUT2D eigenvalue weighted by atomic mass is 127. The molecule has 0 atom stereocenters. The Kier molecular flexibility index (Phi) is 10.4. The quantitative estimate of drug-likeness (QED) is 0.353. The first kappa shape index (κ1) is 22.2. The Morgan fingerprint density at radius 2 is 1.84 bits per heavy atom. The van der Waals surface area contributed by atoms with Crippen molar-refractivity contribution in [3.05, 3.63) is 34.3 Å². The van der Waals surface area contributed by atoms with Crippen molar-refractivity contribution < 1.29 is 4.79 Å². The molecule has 7 heteroatoms. The molecule has 1 aliphatic carbocycles. The summed E-state index contributed by atoms with van der Waals surface area (Å²) < 4.78 is 1.06. The number of benzene rings is 1. The molecule has 1 fully saturated rings. The first-order chi connectivity index (χ1) is 11.5. The van der Waals surface area contributed by atoms with Gasteiger partial charge in [-0.15, -0.1) is 24.0 Å². The molecule has 1 aromatic carbocycles. The predicted octanol–water partition coefficient (Wildman–Crippen LogP) is 3.52. The fraction of sp³-hybridized carbons (Fsp3) is 0.556. The molecule has 140 valence electrons. The second kappa shape index (κ2) is 11.7. The lowest BCUT2D eigenvalue weighted by molar-refractivity contribution is -0.127. The number of carbonyl (C=O) groups excluding carboxylic acids is 1. The van der Waals surface area contributed by atoms with Gasteiger partial charge in [-0.25, -0.2) is 4.99 Å². The Hall–Kier alpha value is -0.830. The maximum Gasteiger partial charge on any atom is 0.241 e. The molecule has 0 spiro atoms. The van der Waals surface area contributed by atoms with Gasteiger partial charge in [0.15, 0.2) is 5.96 Å². The fourth-order valence-corrected chi connectivity index (χ4v) is 2.93. The highest BCUT2D eigenvalue weighted by Crippen LogP contribution is 2.17. The van der Waals surface area contributed by atoms with Crippen molar-refractivity contribution >= 4 is 51.8 Å². The summed E-state index contributed by atoms with van der Waals surface area (Å²) in [6.45, 7) is 0.845. The first-order valence-corrected chi connectivity index (χ1v) is 9.33. The van der Waals surface area contributed by atoms with Crippen LogP contribution in [-0.4, -0.2) is 43.4 Å². The van der Waals surface area contributed by atoms with Crippen LogP contribution in [0.15, 0.2) is 33.7 Å². The van der Waals surface area contributed by atoms with Crippen molar-refractivity contribution in [2.24, 2.45) is 4.99 Å². The summed E-state index contributed by atoms with van der Waals surface area (Å²) in [7, 11) is 3.52. The van der Waals surface area contributed by atoms with E-state index in [9.17, 15) is 4.79 Å². The topological polar surface area (TPSA) is 56.7 Å². The molecule has 25 heavy (non-hydrogen) atoms. The summed E-state index contributed by atoms with van der Waals surface area (Å²) in [6.07, 6.45) is 6.17. The number of halogens is 2. The summed E-state index contributed by atoms with van der Waals surface area (Å²) in [5.74, 6) is 0.761. The third kappa shape index (κ3) is 8.40. The summed E-state index contributed by atoms with van der Waals surface area (Å²) in [5, 5.41) is 6.66. The zero-order chi connectivity index (χ0) is 17.4. The van der Waals surface area contributed by atoms with Crippen molar-refractivity contribution in [1.29, 1.82) is 0 Å². The number of guanidine groups is 1. The second-order valence-electron chi connectivity index (χ2n) is 6.41. The third-order valence-corrected chi connectivity index (χ3v) is 4.71. The summed E-state index contributed by atoms with van der Waals surface area (Å²) in [6, 6.07) is 8.59. The van der Waals surface area contributed by atoms with Gasteiger partial charge in [-0.2, -0.15) is 0 Å². The summed E-state index contributed by atoms with van der Waals surface area (Å²) in [4.78, 5) is 18.1. The summed E-state index contributed by atoms with van der Waals surface area (Å²) in [5.41, 5.74) is 1.14.